The lowest BCUT2D eigenvalue weighted by molar-refractivity contribution is 0.264. The first-order valence-corrected chi connectivity index (χ1v) is 5.86. The van der Waals surface area contributed by atoms with Crippen LogP contribution in [0.5, 0.6) is 0 Å². The van der Waals surface area contributed by atoms with Gasteiger partial charge in [0.15, 0.2) is 0 Å². The van der Waals surface area contributed by atoms with Crippen molar-refractivity contribution in [1.82, 2.24) is 15.1 Å². The molecule has 1 unspecified atom stereocenters. The van der Waals surface area contributed by atoms with Gasteiger partial charge >= 0.3 is 0 Å². The van der Waals surface area contributed by atoms with Crippen molar-refractivity contribution in [3.05, 3.63) is 18.0 Å². The van der Waals surface area contributed by atoms with Gasteiger partial charge in [-0.1, -0.05) is 13.8 Å². The van der Waals surface area contributed by atoms with Crippen molar-refractivity contribution in [3.8, 4) is 0 Å². The topological polar surface area (TPSA) is 29.9 Å². The first kappa shape index (κ1) is 10.7. The van der Waals surface area contributed by atoms with Gasteiger partial charge in [-0.2, -0.15) is 5.10 Å². The molecule has 0 saturated carbocycles. The largest absolute Gasteiger partial charge is 0.311 e. The van der Waals surface area contributed by atoms with E-state index in [2.05, 4.69) is 30.3 Å². The summed E-state index contributed by atoms with van der Waals surface area (Å²) in [6, 6.07) is 2.13. The maximum absolute atomic E-state index is 4.24. The second kappa shape index (κ2) is 3.97. The summed E-state index contributed by atoms with van der Waals surface area (Å²) in [6.07, 6.45) is 5.57. The predicted octanol–water partition coefficient (Wildman–Crippen LogP) is 1.74. The second-order valence-electron chi connectivity index (χ2n) is 4.96. The summed E-state index contributed by atoms with van der Waals surface area (Å²) in [7, 11) is 2.03. The zero-order valence-electron chi connectivity index (χ0n) is 9.95. The molecule has 0 radical (unpaired) electrons. The van der Waals surface area contributed by atoms with Crippen LogP contribution in [0.4, 0.5) is 0 Å². The van der Waals surface area contributed by atoms with Crippen LogP contribution in [-0.2, 0) is 13.5 Å². The summed E-state index contributed by atoms with van der Waals surface area (Å²) in [5.74, 6) is 0.676. The zero-order valence-corrected chi connectivity index (χ0v) is 9.95. The van der Waals surface area contributed by atoms with E-state index >= 15 is 0 Å². The third-order valence-electron chi connectivity index (χ3n) is 3.80. The Balaban J connectivity index is 2.17. The van der Waals surface area contributed by atoms with Gasteiger partial charge in [-0.05, 0) is 31.4 Å². The van der Waals surface area contributed by atoms with Gasteiger partial charge in [0.1, 0.15) is 0 Å². The average Bonchev–Trinajstić information content (AvgIpc) is 2.78. The summed E-state index contributed by atoms with van der Waals surface area (Å²) in [6.45, 7) is 5.79. The molecule has 1 aromatic rings. The normalized spacial score (nSPS) is 26.4. The molecule has 3 nitrogen and oxygen atoms in total. The summed E-state index contributed by atoms with van der Waals surface area (Å²) in [4.78, 5) is 0. The van der Waals surface area contributed by atoms with E-state index in [0.717, 1.165) is 13.0 Å². The maximum atomic E-state index is 4.24. The summed E-state index contributed by atoms with van der Waals surface area (Å²) in [5.41, 5.74) is 1.63. The Kier molecular flexibility index (Phi) is 2.83. The first-order chi connectivity index (χ1) is 7.14. The highest BCUT2D eigenvalue weighted by atomic mass is 15.3. The summed E-state index contributed by atoms with van der Waals surface area (Å²) < 4.78 is 1.99. The molecule has 2 rings (SSSR count). The van der Waals surface area contributed by atoms with Crippen LogP contribution in [0.15, 0.2) is 12.3 Å². The lowest BCUT2D eigenvalue weighted by Gasteiger charge is -2.34. The second-order valence-corrected chi connectivity index (χ2v) is 4.96. The number of nitrogens with one attached hydrogen (secondary N) is 1. The molecule has 1 N–H and O–H groups in total. The van der Waals surface area contributed by atoms with Crippen molar-refractivity contribution in [2.45, 2.75) is 38.6 Å². The standard InChI is InChI=1S/C12H21N3/c1-10(2)12(6-4-7-13-12)9-11-5-8-14-15(11)3/h5,8,10,13H,4,6-7,9H2,1-3H3. The van der Waals surface area contributed by atoms with E-state index in [4.69, 9.17) is 0 Å². The molecular formula is C12H21N3. The quantitative estimate of drug-likeness (QED) is 0.818. The lowest BCUT2D eigenvalue weighted by Crippen LogP contribution is -2.47. The molecule has 0 spiro atoms. The fraction of sp³-hybridized carbons (Fsp3) is 0.750. The van der Waals surface area contributed by atoms with E-state index in [9.17, 15) is 0 Å². The fourth-order valence-corrected chi connectivity index (χ4v) is 2.58. The van der Waals surface area contributed by atoms with Crippen molar-refractivity contribution in [1.29, 1.82) is 0 Å². The number of aryl methyl sites for hydroxylation is 1. The number of hydrogen-bond donors (Lipinski definition) is 1. The van der Waals surface area contributed by atoms with Crippen LogP contribution in [0.1, 0.15) is 32.4 Å². The van der Waals surface area contributed by atoms with Gasteiger partial charge in [-0.3, -0.25) is 4.68 Å². The molecule has 1 aliphatic rings. The predicted molar refractivity (Wildman–Crippen MR) is 61.7 cm³/mol. The SMILES string of the molecule is CC(C)C1(Cc2ccnn2C)CCCN1. The smallest absolute Gasteiger partial charge is 0.0492 e. The summed E-state index contributed by atoms with van der Waals surface area (Å²) >= 11 is 0. The third kappa shape index (κ3) is 1.93. The van der Waals surface area contributed by atoms with Gasteiger partial charge in [-0.15, -0.1) is 0 Å². The van der Waals surface area contributed by atoms with Gasteiger partial charge in [0, 0.05) is 30.9 Å². The molecule has 1 saturated heterocycles. The molecule has 0 bridgehead atoms. The molecule has 1 aliphatic heterocycles. The minimum atomic E-state index is 0.299. The van der Waals surface area contributed by atoms with E-state index in [-0.39, 0.29) is 0 Å². The fourth-order valence-electron chi connectivity index (χ4n) is 2.58. The average molecular weight is 207 g/mol. The lowest BCUT2D eigenvalue weighted by atomic mass is 9.81. The Hall–Kier alpha value is -0.830. The van der Waals surface area contributed by atoms with Crippen LogP contribution >= 0.6 is 0 Å². The van der Waals surface area contributed by atoms with Gasteiger partial charge < -0.3 is 5.32 Å². The number of aromatic nitrogens is 2. The van der Waals surface area contributed by atoms with E-state index < -0.39 is 0 Å². The number of nitrogens with zero attached hydrogens (tertiary/aromatic N) is 2. The monoisotopic (exact) mass is 207 g/mol. The Morgan fingerprint density at radius 3 is 2.87 bits per heavy atom. The minimum Gasteiger partial charge on any atom is -0.311 e. The highest BCUT2D eigenvalue weighted by molar-refractivity contribution is 5.09. The van der Waals surface area contributed by atoms with Gasteiger partial charge in [-0.25, -0.2) is 0 Å². The zero-order chi connectivity index (χ0) is 10.9. The van der Waals surface area contributed by atoms with Crippen molar-refractivity contribution in [2.75, 3.05) is 6.54 Å². The van der Waals surface area contributed by atoms with Crippen LogP contribution < -0.4 is 5.32 Å². The van der Waals surface area contributed by atoms with Gasteiger partial charge in [0.05, 0.1) is 0 Å². The molecule has 0 aromatic carbocycles. The maximum Gasteiger partial charge on any atom is 0.0492 e. The third-order valence-corrected chi connectivity index (χ3v) is 3.80. The van der Waals surface area contributed by atoms with E-state index in [1.54, 1.807) is 0 Å². The van der Waals surface area contributed by atoms with E-state index in [1.165, 1.54) is 18.5 Å². The summed E-state index contributed by atoms with van der Waals surface area (Å²) in [5, 5.41) is 7.93. The Morgan fingerprint density at radius 2 is 2.40 bits per heavy atom. The molecule has 3 heteroatoms. The molecule has 1 fully saturated rings. The molecule has 1 aromatic heterocycles. The van der Waals surface area contributed by atoms with Crippen molar-refractivity contribution in [2.24, 2.45) is 13.0 Å². The van der Waals surface area contributed by atoms with Gasteiger partial charge in [0.25, 0.3) is 0 Å². The van der Waals surface area contributed by atoms with Crippen LogP contribution in [-0.4, -0.2) is 21.9 Å². The highest BCUT2D eigenvalue weighted by Crippen LogP contribution is 2.30. The first-order valence-electron chi connectivity index (χ1n) is 5.86. The number of rotatable bonds is 3. The molecule has 2 heterocycles. The van der Waals surface area contributed by atoms with Gasteiger partial charge in [0.2, 0.25) is 0 Å². The molecule has 0 aliphatic carbocycles. The van der Waals surface area contributed by atoms with Crippen molar-refractivity contribution >= 4 is 0 Å². The highest BCUT2D eigenvalue weighted by Gasteiger charge is 2.37. The molecule has 15 heavy (non-hydrogen) atoms. The van der Waals surface area contributed by atoms with E-state index in [0.29, 0.717) is 11.5 Å². The van der Waals surface area contributed by atoms with E-state index in [1.807, 2.05) is 17.9 Å². The molecular weight excluding hydrogens is 186 g/mol. The van der Waals surface area contributed by atoms with Crippen molar-refractivity contribution in [3.63, 3.8) is 0 Å². The van der Waals surface area contributed by atoms with Crippen molar-refractivity contribution < 1.29 is 0 Å². The Labute approximate surface area is 91.9 Å². The molecule has 84 valence electrons. The van der Waals surface area contributed by atoms with Crippen LogP contribution in [0.3, 0.4) is 0 Å². The molecule has 1 atom stereocenters. The van der Waals surface area contributed by atoms with Crippen LogP contribution in [0, 0.1) is 5.92 Å². The minimum absolute atomic E-state index is 0.299. The molecule has 0 amide bonds. The van der Waals surface area contributed by atoms with Crippen LogP contribution in [0.25, 0.3) is 0 Å². The van der Waals surface area contributed by atoms with Crippen LogP contribution in [0.2, 0.25) is 0 Å². The Bertz CT molecular complexity index is 321. The number of hydrogen-bond acceptors (Lipinski definition) is 2. The Morgan fingerprint density at radius 1 is 1.60 bits per heavy atom.